The van der Waals surface area contributed by atoms with Crippen molar-refractivity contribution in [3.05, 3.63) is 34.6 Å². The smallest absolute Gasteiger partial charge is 0.294 e. The first kappa shape index (κ1) is 26.4. The highest BCUT2D eigenvalue weighted by molar-refractivity contribution is 5.77. The summed E-state index contributed by atoms with van der Waals surface area (Å²) in [5.41, 5.74) is 1.68. The van der Waals surface area contributed by atoms with Gasteiger partial charge in [-0.2, -0.15) is 0 Å². The summed E-state index contributed by atoms with van der Waals surface area (Å²) in [6, 6.07) is 9.47. The lowest BCUT2D eigenvalue weighted by atomic mass is 9.73. The molecule has 2 aromatic rings. The molecular formula is C32H45N5O3. The van der Waals surface area contributed by atoms with E-state index < -0.39 is 0 Å². The molecule has 4 bridgehead atoms. The molecule has 216 valence electrons. The van der Waals surface area contributed by atoms with Crippen molar-refractivity contribution in [2.75, 3.05) is 18.1 Å². The fourth-order valence-electron chi connectivity index (χ4n) is 9.42. The van der Waals surface area contributed by atoms with Crippen LogP contribution in [0.25, 0.3) is 11.0 Å². The highest BCUT2D eigenvalue weighted by atomic mass is 16.3. The molecule has 4 heterocycles. The summed E-state index contributed by atoms with van der Waals surface area (Å²) < 4.78 is 2.06. The summed E-state index contributed by atoms with van der Waals surface area (Å²) in [5, 5.41) is 13.0. The fourth-order valence-corrected chi connectivity index (χ4v) is 9.42. The summed E-state index contributed by atoms with van der Waals surface area (Å²) in [7, 11) is 0. The van der Waals surface area contributed by atoms with Crippen molar-refractivity contribution in [3.63, 3.8) is 0 Å². The first-order chi connectivity index (χ1) is 19.5. The van der Waals surface area contributed by atoms with Gasteiger partial charge in [0.15, 0.2) is 5.82 Å². The normalized spacial score (nSPS) is 36.1. The molecule has 2 aliphatic carbocycles. The second kappa shape index (κ2) is 10.8. The number of rotatable bonds is 5. The minimum atomic E-state index is -0.338. The van der Waals surface area contributed by atoms with Crippen LogP contribution in [0, 0.1) is 11.8 Å². The van der Waals surface area contributed by atoms with E-state index in [1.165, 1.54) is 71.1 Å². The Bertz CT molecular complexity index is 1280. The molecule has 3 saturated heterocycles. The predicted molar refractivity (Wildman–Crippen MR) is 156 cm³/mol. The minimum Gasteiger partial charge on any atom is -0.394 e. The summed E-state index contributed by atoms with van der Waals surface area (Å²) in [6.45, 7) is 1.84. The number of para-hydroxylation sites is 2. The molecule has 0 spiro atoms. The molecular weight excluding hydrogens is 502 g/mol. The third kappa shape index (κ3) is 4.65. The molecule has 1 aromatic heterocycles. The van der Waals surface area contributed by atoms with Gasteiger partial charge in [0, 0.05) is 37.6 Å². The molecule has 5 fully saturated rings. The molecule has 3 unspecified atom stereocenters. The second-order valence-electron chi connectivity index (χ2n) is 13.5. The molecule has 2 N–H and O–H groups in total. The molecule has 1 aromatic carbocycles. The lowest BCUT2D eigenvalue weighted by Gasteiger charge is -2.54. The number of aliphatic hydroxyl groups excluding tert-OH is 1. The van der Waals surface area contributed by atoms with Gasteiger partial charge in [-0.15, -0.1) is 0 Å². The molecule has 8 nitrogen and oxygen atoms in total. The maximum Gasteiger partial charge on any atom is 0.294 e. The topological polar surface area (TPSA) is 90.7 Å². The largest absolute Gasteiger partial charge is 0.394 e. The SMILES string of the molecule is CC(=O)N[C@@H]1CN(c2nc3ccccc3n(C3C[C@H]4CCC[C@@H](C3)N4C3CC4CCCCC(C4)C3)c2=O)[C@@H]1CO. The van der Waals surface area contributed by atoms with E-state index >= 15 is 0 Å². The quantitative estimate of drug-likeness (QED) is 0.588. The summed E-state index contributed by atoms with van der Waals surface area (Å²) >= 11 is 0. The number of hydrogen-bond acceptors (Lipinski definition) is 6. The van der Waals surface area contributed by atoms with Gasteiger partial charge in [-0.1, -0.05) is 44.2 Å². The van der Waals surface area contributed by atoms with Crippen molar-refractivity contribution in [2.45, 2.75) is 120 Å². The van der Waals surface area contributed by atoms with Gasteiger partial charge in [0.05, 0.1) is 29.7 Å². The van der Waals surface area contributed by atoms with Crippen LogP contribution in [0.3, 0.4) is 0 Å². The van der Waals surface area contributed by atoms with Gasteiger partial charge < -0.3 is 19.9 Å². The molecule has 40 heavy (non-hydrogen) atoms. The maximum absolute atomic E-state index is 14.3. The standard InChI is InChI=1S/C32H45N5O3/c1-20(39)33-28-18-35(30(28)19-38)31-32(40)37(29-12-5-4-11-27(29)34-31)26-16-23-9-6-10-24(17-26)36(23)25-14-21-7-2-3-8-22(13-21)15-25/h4-5,11-12,21-26,28,30,38H,2-3,6-10,13-19H2,1H3,(H,33,39)/t21?,22?,23-,24+,25?,26?,28-,30-/m1/s1. The van der Waals surface area contributed by atoms with E-state index in [9.17, 15) is 14.7 Å². The minimum absolute atomic E-state index is 0.0568. The van der Waals surface area contributed by atoms with Crippen LogP contribution in [-0.4, -0.2) is 68.8 Å². The Morgan fingerprint density at radius 2 is 1.62 bits per heavy atom. The Balaban J connectivity index is 1.20. The third-order valence-corrected chi connectivity index (χ3v) is 11.0. The number of aliphatic hydroxyl groups is 1. The van der Waals surface area contributed by atoms with Crippen molar-refractivity contribution in [2.24, 2.45) is 11.8 Å². The van der Waals surface area contributed by atoms with Gasteiger partial charge >= 0.3 is 0 Å². The molecule has 5 aliphatic rings. The Morgan fingerprint density at radius 1 is 0.925 bits per heavy atom. The zero-order valence-corrected chi connectivity index (χ0v) is 23.9. The van der Waals surface area contributed by atoms with Gasteiger partial charge in [-0.25, -0.2) is 4.98 Å². The number of carbonyl (C=O) groups is 1. The number of fused-ring (bicyclic) bond motifs is 5. The lowest BCUT2D eigenvalue weighted by molar-refractivity contribution is -0.120. The van der Waals surface area contributed by atoms with E-state index in [1.54, 1.807) is 0 Å². The van der Waals surface area contributed by atoms with Gasteiger partial charge in [0.2, 0.25) is 5.91 Å². The van der Waals surface area contributed by atoms with Crippen LogP contribution in [0.15, 0.2) is 29.1 Å². The molecule has 1 amide bonds. The highest BCUT2D eigenvalue weighted by Gasteiger charge is 2.46. The fraction of sp³-hybridized carbons (Fsp3) is 0.719. The summed E-state index contributed by atoms with van der Waals surface area (Å²) in [6.07, 6.45) is 15.7. The summed E-state index contributed by atoms with van der Waals surface area (Å²) in [4.78, 5) is 35.6. The van der Waals surface area contributed by atoms with Crippen molar-refractivity contribution in [1.82, 2.24) is 19.8 Å². The van der Waals surface area contributed by atoms with Gasteiger partial charge in [-0.3, -0.25) is 14.5 Å². The highest BCUT2D eigenvalue weighted by Crippen LogP contribution is 2.47. The Labute approximate surface area is 237 Å². The van der Waals surface area contributed by atoms with Crippen LogP contribution in [0.4, 0.5) is 5.82 Å². The molecule has 8 heteroatoms. The van der Waals surface area contributed by atoms with Crippen LogP contribution in [-0.2, 0) is 4.79 Å². The number of aromatic nitrogens is 2. The predicted octanol–water partition coefficient (Wildman–Crippen LogP) is 4.00. The van der Waals surface area contributed by atoms with Crippen LogP contribution in [0.1, 0.15) is 90.0 Å². The molecule has 7 rings (SSSR count). The number of carbonyl (C=O) groups excluding carboxylic acids is 1. The van der Waals surface area contributed by atoms with Crippen molar-refractivity contribution in [3.8, 4) is 0 Å². The average molecular weight is 548 g/mol. The zero-order chi connectivity index (χ0) is 27.4. The van der Waals surface area contributed by atoms with E-state index in [4.69, 9.17) is 4.98 Å². The van der Waals surface area contributed by atoms with Gasteiger partial charge in [-0.05, 0) is 68.9 Å². The van der Waals surface area contributed by atoms with Crippen LogP contribution >= 0.6 is 0 Å². The van der Waals surface area contributed by atoms with Crippen molar-refractivity contribution < 1.29 is 9.90 Å². The Kier molecular flexibility index (Phi) is 7.11. The number of nitrogens with zero attached hydrogens (tertiary/aromatic N) is 4. The third-order valence-electron chi connectivity index (χ3n) is 11.0. The monoisotopic (exact) mass is 547 g/mol. The molecule has 3 aliphatic heterocycles. The molecule has 2 saturated carbocycles. The van der Waals surface area contributed by atoms with E-state index in [2.05, 4.69) is 14.8 Å². The van der Waals surface area contributed by atoms with Gasteiger partial charge in [0.1, 0.15) is 0 Å². The Hall–Kier alpha value is -2.45. The number of piperidine rings is 2. The lowest BCUT2D eigenvalue weighted by Crippen LogP contribution is -2.69. The van der Waals surface area contributed by atoms with Crippen molar-refractivity contribution in [1.29, 1.82) is 0 Å². The first-order valence-corrected chi connectivity index (χ1v) is 15.9. The van der Waals surface area contributed by atoms with E-state index in [0.717, 1.165) is 41.8 Å². The second-order valence-corrected chi connectivity index (χ2v) is 13.5. The number of amides is 1. The van der Waals surface area contributed by atoms with Crippen LogP contribution in [0.5, 0.6) is 0 Å². The number of benzene rings is 1. The van der Waals surface area contributed by atoms with Crippen LogP contribution in [0.2, 0.25) is 0 Å². The first-order valence-electron chi connectivity index (χ1n) is 15.9. The van der Waals surface area contributed by atoms with E-state index in [1.807, 2.05) is 29.2 Å². The van der Waals surface area contributed by atoms with E-state index in [-0.39, 0.29) is 36.2 Å². The summed E-state index contributed by atoms with van der Waals surface area (Å²) in [5.74, 6) is 2.11. The average Bonchev–Trinajstić information content (AvgIpc) is 3.09. The maximum atomic E-state index is 14.3. The number of anilines is 1. The Morgan fingerprint density at radius 3 is 2.30 bits per heavy atom. The van der Waals surface area contributed by atoms with Gasteiger partial charge in [0.25, 0.3) is 5.56 Å². The van der Waals surface area contributed by atoms with Crippen LogP contribution < -0.4 is 15.8 Å². The number of hydrogen-bond donors (Lipinski definition) is 2. The zero-order valence-electron chi connectivity index (χ0n) is 23.9. The molecule has 0 radical (unpaired) electrons. The molecule has 7 atom stereocenters. The van der Waals surface area contributed by atoms with E-state index in [0.29, 0.717) is 24.4 Å². The van der Waals surface area contributed by atoms with Crippen molar-refractivity contribution >= 4 is 22.8 Å². The number of nitrogens with one attached hydrogen (secondary N) is 1.